The predicted octanol–water partition coefficient (Wildman–Crippen LogP) is 1.92. The molecule has 0 aliphatic carbocycles. The topological polar surface area (TPSA) is 103 Å². The van der Waals surface area contributed by atoms with Gasteiger partial charge < -0.3 is 5.73 Å². The van der Waals surface area contributed by atoms with Gasteiger partial charge in [-0.3, -0.25) is 19.7 Å². The van der Waals surface area contributed by atoms with Crippen LogP contribution in [0.1, 0.15) is 26.3 Å². The number of benzene rings is 2. The Balaban J connectivity index is 2.54. The smallest absolute Gasteiger partial charge is 0.281 e. The highest BCUT2D eigenvalue weighted by Gasteiger charge is 2.22. The molecule has 2 aromatic rings. The van der Waals surface area contributed by atoms with Gasteiger partial charge in [0.1, 0.15) is 5.56 Å². The molecule has 0 aromatic heterocycles. The molecule has 6 heteroatoms. The summed E-state index contributed by atoms with van der Waals surface area (Å²) >= 11 is 0. The molecule has 0 spiro atoms. The van der Waals surface area contributed by atoms with E-state index in [1.54, 1.807) is 30.3 Å². The summed E-state index contributed by atoms with van der Waals surface area (Å²) in [6.45, 7) is 0. The average Bonchev–Trinajstić information content (AvgIpc) is 2.46. The molecule has 0 radical (unpaired) electrons. The number of nitro groups is 1. The van der Waals surface area contributed by atoms with Crippen molar-refractivity contribution in [2.24, 2.45) is 5.73 Å². The lowest BCUT2D eigenvalue weighted by Crippen LogP contribution is -2.13. The Morgan fingerprint density at radius 1 is 1.00 bits per heavy atom. The minimum atomic E-state index is -0.785. The molecule has 2 aromatic carbocycles. The zero-order chi connectivity index (χ0) is 14.7. The molecule has 6 nitrogen and oxygen atoms in total. The van der Waals surface area contributed by atoms with Gasteiger partial charge in [0.2, 0.25) is 5.91 Å². The Kier molecular flexibility index (Phi) is 3.56. The van der Waals surface area contributed by atoms with Crippen molar-refractivity contribution in [2.45, 2.75) is 0 Å². The zero-order valence-corrected chi connectivity index (χ0v) is 10.3. The number of primary amides is 1. The lowest BCUT2D eigenvalue weighted by molar-refractivity contribution is -0.385. The maximum absolute atomic E-state index is 12.2. The molecule has 0 aliphatic rings. The van der Waals surface area contributed by atoms with Gasteiger partial charge in [-0.25, -0.2) is 0 Å². The van der Waals surface area contributed by atoms with Gasteiger partial charge in [-0.1, -0.05) is 30.3 Å². The molecule has 100 valence electrons. The standard InChI is InChI=1S/C14H10N2O4/c15-14(18)10-6-7-11(12(8-10)16(19)20)13(17)9-4-2-1-3-5-9/h1-8H,(H2,15,18). The summed E-state index contributed by atoms with van der Waals surface area (Å²) in [4.78, 5) is 33.6. The number of carbonyl (C=O) groups is 2. The highest BCUT2D eigenvalue weighted by Crippen LogP contribution is 2.23. The normalized spacial score (nSPS) is 10.0. The fourth-order valence-electron chi connectivity index (χ4n) is 1.77. The van der Waals surface area contributed by atoms with Crippen LogP contribution in [0.2, 0.25) is 0 Å². The average molecular weight is 270 g/mol. The van der Waals surface area contributed by atoms with E-state index in [1.165, 1.54) is 12.1 Å². The van der Waals surface area contributed by atoms with Gasteiger partial charge in [-0.05, 0) is 12.1 Å². The first-order valence-electron chi connectivity index (χ1n) is 5.68. The Hall–Kier alpha value is -3.02. The first-order valence-corrected chi connectivity index (χ1v) is 5.68. The maximum atomic E-state index is 12.2. The van der Waals surface area contributed by atoms with Crippen LogP contribution < -0.4 is 5.73 Å². The quantitative estimate of drug-likeness (QED) is 0.520. The molecule has 0 fully saturated rings. The molecule has 2 rings (SSSR count). The first kappa shape index (κ1) is 13.4. The zero-order valence-electron chi connectivity index (χ0n) is 10.3. The van der Waals surface area contributed by atoms with Crippen LogP contribution in [0, 0.1) is 10.1 Å². The number of nitrogens with two attached hydrogens (primary N) is 1. The van der Waals surface area contributed by atoms with Crippen molar-refractivity contribution >= 4 is 17.4 Å². The Labute approximate surface area is 114 Å². The molecular formula is C14H10N2O4. The lowest BCUT2D eigenvalue weighted by Gasteiger charge is -2.04. The summed E-state index contributed by atoms with van der Waals surface area (Å²) in [6, 6.07) is 11.7. The molecule has 0 saturated carbocycles. The third-order valence-corrected chi connectivity index (χ3v) is 2.76. The van der Waals surface area contributed by atoms with E-state index in [2.05, 4.69) is 0 Å². The van der Waals surface area contributed by atoms with Crippen LogP contribution >= 0.6 is 0 Å². The van der Waals surface area contributed by atoms with Crippen molar-refractivity contribution in [3.05, 3.63) is 75.3 Å². The highest BCUT2D eigenvalue weighted by molar-refractivity contribution is 6.12. The maximum Gasteiger partial charge on any atom is 0.281 e. The second-order valence-electron chi connectivity index (χ2n) is 4.05. The van der Waals surface area contributed by atoms with Crippen LogP contribution in [0.4, 0.5) is 5.69 Å². The number of nitro benzene ring substituents is 1. The summed E-state index contributed by atoms with van der Waals surface area (Å²) < 4.78 is 0. The Morgan fingerprint density at radius 2 is 1.65 bits per heavy atom. The van der Waals surface area contributed by atoms with Crippen LogP contribution in [0.15, 0.2) is 48.5 Å². The van der Waals surface area contributed by atoms with Crippen molar-refractivity contribution in [1.29, 1.82) is 0 Å². The summed E-state index contributed by atoms with van der Waals surface area (Å²) in [6.07, 6.45) is 0. The minimum absolute atomic E-state index is 0.0127. The Bertz CT molecular complexity index is 696. The van der Waals surface area contributed by atoms with E-state index in [0.717, 1.165) is 6.07 Å². The molecule has 0 saturated heterocycles. The van der Waals surface area contributed by atoms with Crippen molar-refractivity contribution in [2.75, 3.05) is 0 Å². The Morgan fingerprint density at radius 3 is 2.20 bits per heavy atom. The fourth-order valence-corrected chi connectivity index (χ4v) is 1.77. The van der Waals surface area contributed by atoms with E-state index in [4.69, 9.17) is 5.73 Å². The van der Waals surface area contributed by atoms with Crippen molar-refractivity contribution < 1.29 is 14.5 Å². The molecule has 0 bridgehead atoms. The van der Waals surface area contributed by atoms with Gasteiger partial charge in [-0.2, -0.15) is 0 Å². The monoisotopic (exact) mass is 270 g/mol. The third-order valence-electron chi connectivity index (χ3n) is 2.76. The van der Waals surface area contributed by atoms with E-state index >= 15 is 0 Å². The number of rotatable bonds is 4. The number of nitrogens with zero attached hydrogens (tertiary/aromatic N) is 1. The molecule has 0 unspecified atom stereocenters. The van der Waals surface area contributed by atoms with Crippen LogP contribution in [0.3, 0.4) is 0 Å². The number of amides is 1. The second-order valence-corrected chi connectivity index (χ2v) is 4.05. The van der Waals surface area contributed by atoms with Crippen LogP contribution in [-0.2, 0) is 0 Å². The first-order chi connectivity index (χ1) is 9.50. The SMILES string of the molecule is NC(=O)c1ccc(C(=O)c2ccccc2)c([N+](=O)[O-])c1. The largest absolute Gasteiger partial charge is 0.366 e. The molecule has 1 amide bonds. The van der Waals surface area contributed by atoms with Gasteiger partial charge in [-0.15, -0.1) is 0 Å². The van der Waals surface area contributed by atoms with E-state index < -0.39 is 22.3 Å². The van der Waals surface area contributed by atoms with E-state index in [9.17, 15) is 19.7 Å². The predicted molar refractivity (Wildman–Crippen MR) is 71.5 cm³/mol. The van der Waals surface area contributed by atoms with E-state index in [-0.39, 0.29) is 11.1 Å². The van der Waals surface area contributed by atoms with Gasteiger partial charge in [0, 0.05) is 17.2 Å². The summed E-state index contributed by atoms with van der Waals surface area (Å²) in [7, 11) is 0. The van der Waals surface area contributed by atoms with Crippen LogP contribution in [0.5, 0.6) is 0 Å². The highest BCUT2D eigenvalue weighted by atomic mass is 16.6. The number of ketones is 1. The summed E-state index contributed by atoms with van der Waals surface area (Å²) in [5, 5.41) is 11.0. The number of hydrogen-bond acceptors (Lipinski definition) is 4. The second kappa shape index (κ2) is 5.31. The van der Waals surface area contributed by atoms with Gasteiger partial charge in [0.25, 0.3) is 5.69 Å². The molecule has 0 aliphatic heterocycles. The summed E-state index contributed by atoms with van der Waals surface area (Å²) in [5.41, 5.74) is 4.88. The fraction of sp³-hybridized carbons (Fsp3) is 0. The molecule has 2 N–H and O–H groups in total. The molecular weight excluding hydrogens is 260 g/mol. The van der Waals surface area contributed by atoms with Gasteiger partial charge in [0.15, 0.2) is 5.78 Å². The molecule has 0 atom stereocenters. The lowest BCUT2D eigenvalue weighted by atomic mass is 10.00. The van der Waals surface area contributed by atoms with Gasteiger partial charge in [0.05, 0.1) is 4.92 Å². The minimum Gasteiger partial charge on any atom is -0.366 e. The molecule has 0 heterocycles. The van der Waals surface area contributed by atoms with Gasteiger partial charge >= 0.3 is 0 Å². The van der Waals surface area contributed by atoms with Crippen LogP contribution in [-0.4, -0.2) is 16.6 Å². The van der Waals surface area contributed by atoms with Crippen molar-refractivity contribution in [3.8, 4) is 0 Å². The number of hydrogen-bond donors (Lipinski definition) is 1. The van der Waals surface area contributed by atoms with Crippen molar-refractivity contribution in [3.63, 3.8) is 0 Å². The van der Waals surface area contributed by atoms with Crippen LogP contribution in [0.25, 0.3) is 0 Å². The number of carbonyl (C=O) groups excluding carboxylic acids is 2. The van der Waals surface area contributed by atoms with E-state index in [1.807, 2.05) is 0 Å². The van der Waals surface area contributed by atoms with Crippen molar-refractivity contribution in [1.82, 2.24) is 0 Å². The van der Waals surface area contributed by atoms with E-state index in [0.29, 0.717) is 5.56 Å². The molecule has 20 heavy (non-hydrogen) atoms. The third kappa shape index (κ3) is 2.54. The summed E-state index contributed by atoms with van der Waals surface area (Å²) in [5.74, 6) is -1.26.